The molecule has 0 bridgehead atoms. The van der Waals surface area contributed by atoms with E-state index in [1.165, 1.54) is 0 Å². The first kappa shape index (κ1) is 10.3. The topological polar surface area (TPSA) is 69.0 Å². The summed E-state index contributed by atoms with van der Waals surface area (Å²) in [4.78, 5) is 2.68. The molecule has 0 spiro atoms. The molecule has 0 rings (SSSR count). The standard InChI is InChI=1S/C7H15N3O/c1-5(2)4-7(6(3)11)9-10-8/h5-7,11H,4H2,1-3H3/t6-,7-/m0/s1. The van der Waals surface area contributed by atoms with Crippen molar-refractivity contribution in [3.8, 4) is 0 Å². The van der Waals surface area contributed by atoms with Crippen LogP contribution in [-0.4, -0.2) is 17.3 Å². The molecule has 0 aliphatic heterocycles. The van der Waals surface area contributed by atoms with Crippen LogP contribution in [0.2, 0.25) is 0 Å². The first-order chi connectivity index (χ1) is 5.07. The molecule has 0 unspecified atom stereocenters. The van der Waals surface area contributed by atoms with Gasteiger partial charge in [0.25, 0.3) is 0 Å². The van der Waals surface area contributed by atoms with Crippen molar-refractivity contribution in [1.82, 2.24) is 0 Å². The van der Waals surface area contributed by atoms with Crippen LogP contribution in [0.1, 0.15) is 27.2 Å². The van der Waals surface area contributed by atoms with Crippen LogP contribution in [0.5, 0.6) is 0 Å². The third kappa shape index (κ3) is 4.65. The van der Waals surface area contributed by atoms with Crippen LogP contribution in [0.3, 0.4) is 0 Å². The highest BCUT2D eigenvalue weighted by Crippen LogP contribution is 2.11. The van der Waals surface area contributed by atoms with Gasteiger partial charge in [-0.15, -0.1) is 0 Å². The number of aliphatic hydroxyl groups excluding tert-OH is 1. The highest BCUT2D eigenvalue weighted by atomic mass is 16.3. The Balaban J connectivity index is 4.00. The molecule has 64 valence electrons. The van der Waals surface area contributed by atoms with Gasteiger partial charge in [-0.25, -0.2) is 0 Å². The van der Waals surface area contributed by atoms with Gasteiger partial charge in [0.1, 0.15) is 0 Å². The van der Waals surface area contributed by atoms with Crippen LogP contribution < -0.4 is 0 Å². The third-order valence-electron chi connectivity index (χ3n) is 1.47. The van der Waals surface area contributed by atoms with Crippen LogP contribution in [0, 0.1) is 5.92 Å². The van der Waals surface area contributed by atoms with Crippen LogP contribution in [0.25, 0.3) is 10.4 Å². The first-order valence-corrected chi connectivity index (χ1v) is 3.80. The lowest BCUT2D eigenvalue weighted by atomic mass is 10.0. The second-order valence-electron chi connectivity index (χ2n) is 3.14. The molecular weight excluding hydrogens is 142 g/mol. The fourth-order valence-corrected chi connectivity index (χ4v) is 0.890. The van der Waals surface area contributed by atoms with E-state index in [1.807, 2.05) is 13.8 Å². The number of azide groups is 1. The van der Waals surface area contributed by atoms with Gasteiger partial charge in [0.05, 0.1) is 12.1 Å². The Hall–Kier alpha value is -0.730. The molecule has 0 fully saturated rings. The van der Waals surface area contributed by atoms with Gasteiger partial charge in [0.2, 0.25) is 0 Å². The summed E-state index contributed by atoms with van der Waals surface area (Å²) >= 11 is 0. The largest absolute Gasteiger partial charge is 0.393 e. The zero-order valence-electron chi connectivity index (χ0n) is 7.23. The summed E-state index contributed by atoms with van der Waals surface area (Å²) in [5.74, 6) is 0.445. The molecule has 4 nitrogen and oxygen atoms in total. The maximum Gasteiger partial charge on any atom is 0.0633 e. The summed E-state index contributed by atoms with van der Waals surface area (Å²) < 4.78 is 0. The number of nitrogens with zero attached hydrogens (tertiary/aromatic N) is 3. The summed E-state index contributed by atoms with van der Waals surface area (Å²) in [7, 11) is 0. The van der Waals surface area contributed by atoms with Crippen molar-refractivity contribution < 1.29 is 5.11 Å². The zero-order chi connectivity index (χ0) is 8.85. The van der Waals surface area contributed by atoms with E-state index in [-0.39, 0.29) is 6.04 Å². The molecule has 2 atom stereocenters. The Kier molecular flexibility index (Phi) is 4.66. The van der Waals surface area contributed by atoms with E-state index in [9.17, 15) is 0 Å². The molecule has 0 aliphatic rings. The normalized spacial score (nSPS) is 15.7. The minimum atomic E-state index is -0.548. The number of rotatable bonds is 4. The van der Waals surface area contributed by atoms with E-state index in [0.29, 0.717) is 5.92 Å². The van der Waals surface area contributed by atoms with Crippen molar-refractivity contribution in [2.45, 2.75) is 39.3 Å². The summed E-state index contributed by atoms with van der Waals surface area (Å²) in [6, 6.07) is -0.278. The van der Waals surface area contributed by atoms with Crippen molar-refractivity contribution in [2.75, 3.05) is 0 Å². The molecule has 11 heavy (non-hydrogen) atoms. The summed E-state index contributed by atoms with van der Waals surface area (Å²) in [6.07, 6.45) is 0.190. The van der Waals surface area contributed by atoms with Crippen LogP contribution in [0.4, 0.5) is 0 Å². The van der Waals surface area contributed by atoms with Crippen LogP contribution in [0.15, 0.2) is 5.11 Å². The summed E-state index contributed by atoms with van der Waals surface area (Å²) in [5, 5.41) is 12.6. The van der Waals surface area contributed by atoms with Gasteiger partial charge in [0, 0.05) is 4.91 Å². The number of hydrogen-bond donors (Lipinski definition) is 1. The van der Waals surface area contributed by atoms with Gasteiger partial charge in [0.15, 0.2) is 0 Å². The smallest absolute Gasteiger partial charge is 0.0633 e. The SMILES string of the molecule is CC(C)C[C@H](N=[N+]=[N-])[C@H](C)O. The summed E-state index contributed by atoms with van der Waals surface area (Å²) in [6.45, 7) is 5.70. The molecule has 0 aromatic rings. The Morgan fingerprint density at radius 2 is 2.00 bits per heavy atom. The molecular formula is C7H15N3O. The highest BCUT2D eigenvalue weighted by Gasteiger charge is 2.13. The average Bonchev–Trinajstić information content (AvgIpc) is 1.86. The van der Waals surface area contributed by atoms with Crippen molar-refractivity contribution in [3.63, 3.8) is 0 Å². The van der Waals surface area contributed by atoms with Gasteiger partial charge < -0.3 is 5.11 Å². The predicted molar refractivity (Wildman–Crippen MR) is 44.1 cm³/mol. The summed E-state index contributed by atoms with van der Waals surface area (Å²) in [5.41, 5.74) is 8.15. The minimum absolute atomic E-state index is 0.278. The van der Waals surface area contributed by atoms with Crippen molar-refractivity contribution in [2.24, 2.45) is 11.0 Å². The molecule has 0 aromatic carbocycles. The van der Waals surface area contributed by atoms with E-state index in [4.69, 9.17) is 10.6 Å². The molecule has 0 amide bonds. The maximum absolute atomic E-state index is 9.13. The lowest BCUT2D eigenvalue weighted by molar-refractivity contribution is 0.152. The van der Waals surface area contributed by atoms with Crippen molar-refractivity contribution >= 4 is 0 Å². The van der Waals surface area contributed by atoms with Gasteiger partial charge in [-0.2, -0.15) is 0 Å². The van der Waals surface area contributed by atoms with Crippen LogP contribution >= 0.6 is 0 Å². The van der Waals surface area contributed by atoms with Gasteiger partial charge >= 0.3 is 0 Å². The molecule has 1 N–H and O–H groups in total. The van der Waals surface area contributed by atoms with Gasteiger partial charge in [-0.05, 0) is 24.8 Å². The highest BCUT2D eigenvalue weighted by molar-refractivity contribution is 4.73. The van der Waals surface area contributed by atoms with Crippen LogP contribution in [-0.2, 0) is 0 Å². The Morgan fingerprint density at radius 1 is 1.45 bits per heavy atom. The maximum atomic E-state index is 9.13. The molecule has 0 heterocycles. The Morgan fingerprint density at radius 3 is 2.27 bits per heavy atom. The minimum Gasteiger partial charge on any atom is -0.393 e. The molecule has 0 aromatic heterocycles. The van der Waals surface area contributed by atoms with E-state index < -0.39 is 6.10 Å². The molecule has 0 radical (unpaired) electrons. The number of hydrogen-bond acceptors (Lipinski definition) is 2. The van der Waals surface area contributed by atoms with Gasteiger partial charge in [-0.1, -0.05) is 19.0 Å². The molecule has 0 aliphatic carbocycles. The average molecular weight is 157 g/mol. The molecule has 0 saturated carbocycles. The fourth-order valence-electron chi connectivity index (χ4n) is 0.890. The quantitative estimate of drug-likeness (QED) is 0.379. The lowest BCUT2D eigenvalue weighted by Crippen LogP contribution is -2.21. The second-order valence-corrected chi connectivity index (χ2v) is 3.14. The molecule has 0 saturated heterocycles. The van der Waals surface area contributed by atoms with E-state index in [1.54, 1.807) is 6.92 Å². The Bertz CT molecular complexity index is 150. The van der Waals surface area contributed by atoms with E-state index in [2.05, 4.69) is 10.0 Å². The van der Waals surface area contributed by atoms with Gasteiger partial charge in [-0.3, -0.25) is 0 Å². The first-order valence-electron chi connectivity index (χ1n) is 3.80. The zero-order valence-corrected chi connectivity index (χ0v) is 7.23. The van der Waals surface area contributed by atoms with Crippen molar-refractivity contribution in [1.29, 1.82) is 0 Å². The lowest BCUT2D eigenvalue weighted by Gasteiger charge is -2.15. The fraction of sp³-hybridized carbons (Fsp3) is 1.00. The second kappa shape index (κ2) is 4.99. The predicted octanol–water partition coefficient (Wildman–Crippen LogP) is 2.09. The Labute approximate surface area is 66.9 Å². The third-order valence-corrected chi connectivity index (χ3v) is 1.47. The molecule has 4 heteroatoms. The van der Waals surface area contributed by atoms with E-state index >= 15 is 0 Å². The van der Waals surface area contributed by atoms with E-state index in [0.717, 1.165) is 6.42 Å². The number of aliphatic hydroxyl groups is 1. The van der Waals surface area contributed by atoms with Crippen molar-refractivity contribution in [3.05, 3.63) is 10.4 Å². The monoisotopic (exact) mass is 157 g/mol.